The van der Waals surface area contributed by atoms with Gasteiger partial charge in [-0.05, 0) is 32.9 Å². The van der Waals surface area contributed by atoms with E-state index < -0.39 is 5.41 Å². The van der Waals surface area contributed by atoms with Crippen LogP contribution in [0.1, 0.15) is 44.0 Å². The summed E-state index contributed by atoms with van der Waals surface area (Å²) in [6, 6.07) is 9.24. The maximum atomic E-state index is 12.3. The third-order valence-corrected chi connectivity index (χ3v) is 3.52. The number of nitrogens with zero attached hydrogens (tertiary/aromatic N) is 2. The van der Waals surface area contributed by atoms with Gasteiger partial charge in [0, 0.05) is 31.5 Å². The van der Waals surface area contributed by atoms with Crippen molar-refractivity contribution in [3.63, 3.8) is 0 Å². The van der Waals surface area contributed by atoms with E-state index in [9.17, 15) is 9.59 Å². The van der Waals surface area contributed by atoms with Gasteiger partial charge in [-0.15, -0.1) is 0 Å². The maximum Gasteiger partial charge on any atom is 0.340 e. The molecule has 0 atom stereocenters. The summed E-state index contributed by atoms with van der Waals surface area (Å²) in [6.07, 6.45) is 1.27. The van der Waals surface area contributed by atoms with Gasteiger partial charge >= 0.3 is 5.97 Å². The van der Waals surface area contributed by atoms with Crippen LogP contribution in [0, 0.1) is 5.41 Å². The van der Waals surface area contributed by atoms with E-state index in [1.165, 1.54) is 0 Å². The molecule has 0 unspecified atom stereocenters. The van der Waals surface area contributed by atoms with Crippen molar-refractivity contribution in [3.05, 3.63) is 35.9 Å². The molecular weight excluding hydrogens is 280 g/mol. The number of oxime groups is 1. The average molecular weight is 302 g/mol. The number of likely N-dealkylation sites (tertiary alicyclic amines) is 1. The number of piperidine rings is 1. The number of benzene rings is 1. The Balaban J connectivity index is 1.88. The molecule has 1 amide bonds. The predicted molar refractivity (Wildman–Crippen MR) is 84.6 cm³/mol. The highest BCUT2D eigenvalue weighted by atomic mass is 16.7. The summed E-state index contributed by atoms with van der Waals surface area (Å²) in [4.78, 5) is 30.8. The fraction of sp³-hybridized carbons (Fsp3) is 0.471. The van der Waals surface area contributed by atoms with E-state index >= 15 is 0 Å². The first-order chi connectivity index (χ1) is 10.4. The molecule has 22 heavy (non-hydrogen) atoms. The van der Waals surface area contributed by atoms with Crippen molar-refractivity contribution in [1.29, 1.82) is 0 Å². The van der Waals surface area contributed by atoms with Gasteiger partial charge in [0.1, 0.15) is 0 Å². The molecule has 5 heteroatoms. The molecule has 0 N–H and O–H groups in total. The van der Waals surface area contributed by atoms with Crippen LogP contribution < -0.4 is 0 Å². The van der Waals surface area contributed by atoms with Gasteiger partial charge < -0.3 is 9.74 Å². The molecule has 1 aromatic rings. The van der Waals surface area contributed by atoms with Gasteiger partial charge in [0.25, 0.3) is 5.91 Å². The molecule has 118 valence electrons. The van der Waals surface area contributed by atoms with Gasteiger partial charge in [-0.25, -0.2) is 4.79 Å². The van der Waals surface area contributed by atoms with E-state index in [2.05, 4.69) is 5.16 Å². The van der Waals surface area contributed by atoms with Crippen molar-refractivity contribution in [2.45, 2.75) is 33.6 Å². The van der Waals surface area contributed by atoms with E-state index in [1.54, 1.807) is 25.7 Å². The first kappa shape index (κ1) is 16.2. The minimum atomic E-state index is -0.561. The van der Waals surface area contributed by atoms with Crippen molar-refractivity contribution in [2.75, 3.05) is 13.1 Å². The minimum absolute atomic E-state index is 0.0336. The number of hydrogen-bond donors (Lipinski definition) is 0. The lowest BCUT2D eigenvalue weighted by molar-refractivity contribution is -0.153. The average Bonchev–Trinajstić information content (AvgIpc) is 2.52. The SMILES string of the molecule is CC(C)(C)C(=O)ON=C1CCN(C(=O)c2ccccc2)CC1. The molecule has 2 rings (SSSR count). The van der Waals surface area contributed by atoms with E-state index in [0.29, 0.717) is 31.5 Å². The molecule has 0 aromatic heterocycles. The molecule has 1 aliphatic heterocycles. The highest BCUT2D eigenvalue weighted by molar-refractivity contribution is 5.96. The van der Waals surface area contributed by atoms with Crippen LogP contribution in [-0.2, 0) is 9.63 Å². The van der Waals surface area contributed by atoms with Crippen LogP contribution in [0.3, 0.4) is 0 Å². The number of carbonyl (C=O) groups excluding carboxylic acids is 2. The normalized spacial score (nSPS) is 15.4. The van der Waals surface area contributed by atoms with Crippen LogP contribution in [0.2, 0.25) is 0 Å². The van der Waals surface area contributed by atoms with E-state index in [0.717, 1.165) is 5.71 Å². The number of rotatable bonds is 2. The summed E-state index contributed by atoms with van der Waals surface area (Å²) >= 11 is 0. The Morgan fingerprint density at radius 3 is 2.23 bits per heavy atom. The molecular formula is C17H22N2O3. The highest BCUT2D eigenvalue weighted by Gasteiger charge is 2.25. The van der Waals surface area contributed by atoms with Gasteiger partial charge in [0.05, 0.1) is 11.1 Å². The van der Waals surface area contributed by atoms with Crippen LogP contribution in [0.25, 0.3) is 0 Å². The first-order valence-corrected chi connectivity index (χ1v) is 7.49. The molecule has 0 spiro atoms. The second kappa shape index (κ2) is 6.73. The Labute approximate surface area is 130 Å². The molecule has 1 aliphatic rings. The largest absolute Gasteiger partial charge is 0.340 e. The minimum Gasteiger partial charge on any atom is -0.338 e. The Kier molecular flexibility index (Phi) is 4.96. The Bertz CT molecular complexity index is 563. The van der Waals surface area contributed by atoms with Crippen LogP contribution in [0.5, 0.6) is 0 Å². The first-order valence-electron chi connectivity index (χ1n) is 7.49. The van der Waals surface area contributed by atoms with Gasteiger partial charge in [-0.3, -0.25) is 4.79 Å². The Morgan fingerprint density at radius 1 is 1.09 bits per heavy atom. The highest BCUT2D eigenvalue weighted by Crippen LogP contribution is 2.17. The third kappa shape index (κ3) is 4.16. The second-order valence-corrected chi connectivity index (χ2v) is 6.44. The van der Waals surface area contributed by atoms with Crippen molar-refractivity contribution >= 4 is 17.6 Å². The summed E-state index contributed by atoms with van der Waals surface area (Å²) in [7, 11) is 0. The summed E-state index contributed by atoms with van der Waals surface area (Å²) in [5, 5.41) is 3.95. The van der Waals surface area contributed by atoms with E-state index in [1.807, 2.05) is 30.3 Å². The molecule has 1 saturated heterocycles. The van der Waals surface area contributed by atoms with Crippen molar-refractivity contribution in [1.82, 2.24) is 4.90 Å². The summed E-state index contributed by atoms with van der Waals surface area (Å²) in [5.74, 6) is -0.311. The number of hydrogen-bond acceptors (Lipinski definition) is 4. The monoisotopic (exact) mass is 302 g/mol. The fourth-order valence-corrected chi connectivity index (χ4v) is 2.07. The quantitative estimate of drug-likeness (QED) is 0.623. The zero-order valence-electron chi connectivity index (χ0n) is 13.3. The zero-order valence-corrected chi connectivity index (χ0v) is 13.3. The lowest BCUT2D eigenvalue weighted by Gasteiger charge is -2.27. The van der Waals surface area contributed by atoms with Gasteiger partial charge in [0.2, 0.25) is 0 Å². The molecule has 0 saturated carbocycles. The second-order valence-electron chi connectivity index (χ2n) is 6.44. The smallest absolute Gasteiger partial charge is 0.338 e. The summed E-state index contributed by atoms with van der Waals surface area (Å²) < 4.78 is 0. The van der Waals surface area contributed by atoms with Crippen molar-refractivity contribution in [2.24, 2.45) is 10.6 Å². The molecule has 1 heterocycles. The van der Waals surface area contributed by atoms with E-state index in [4.69, 9.17) is 4.84 Å². The molecule has 1 fully saturated rings. The van der Waals surface area contributed by atoms with Gasteiger partial charge in [0.15, 0.2) is 0 Å². The lowest BCUT2D eigenvalue weighted by Crippen LogP contribution is -2.38. The molecule has 5 nitrogen and oxygen atoms in total. The lowest BCUT2D eigenvalue weighted by atomic mass is 9.98. The van der Waals surface area contributed by atoms with Crippen LogP contribution in [-0.4, -0.2) is 35.6 Å². The number of carbonyl (C=O) groups is 2. The van der Waals surface area contributed by atoms with E-state index in [-0.39, 0.29) is 11.9 Å². The predicted octanol–water partition coefficient (Wildman–Crippen LogP) is 2.87. The van der Waals surface area contributed by atoms with Crippen LogP contribution in [0.15, 0.2) is 35.5 Å². The summed E-state index contributed by atoms with van der Waals surface area (Å²) in [6.45, 7) is 6.56. The van der Waals surface area contributed by atoms with Crippen molar-refractivity contribution < 1.29 is 14.4 Å². The maximum absolute atomic E-state index is 12.3. The van der Waals surface area contributed by atoms with Gasteiger partial charge in [-0.2, -0.15) is 0 Å². The number of amides is 1. The van der Waals surface area contributed by atoms with Crippen LogP contribution >= 0.6 is 0 Å². The summed E-state index contributed by atoms with van der Waals surface area (Å²) in [5.41, 5.74) is 0.963. The fourth-order valence-electron chi connectivity index (χ4n) is 2.07. The molecule has 0 bridgehead atoms. The topological polar surface area (TPSA) is 59.0 Å². The van der Waals surface area contributed by atoms with Crippen LogP contribution in [0.4, 0.5) is 0 Å². The standard InChI is InChI=1S/C17H22N2O3/c1-17(2,3)16(21)22-18-14-9-11-19(12-10-14)15(20)13-7-5-4-6-8-13/h4-8H,9-12H2,1-3H3. The zero-order chi connectivity index (χ0) is 16.2. The Hall–Kier alpha value is -2.17. The molecule has 0 aliphatic carbocycles. The third-order valence-electron chi connectivity index (χ3n) is 3.52. The molecule has 1 aromatic carbocycles. The van der Waals surface area contributed by atoms with Gasteiger partial charge in [-0.1, -0.05) is 23.4 Å². The van der Waals surface area contributed by atoms with Crippen molar-refractivity contribution in [3.8, 4) is 0 Å². The molecule has 0 radical (unpaired) electrons. The Morgan fingerprint density at radius 2 is 1.68 bits per heavy atom.